The van der Waals surface area contributed by atoms with E-state index in [1.165, 1.54) is 36.1 Å². The smallest absolute Gasteiger partial charge is 0.263 e. The first-order chi connectivity index (χ1) is 11.8. The minimum absolute atomic E-state index is 0.229. The van der Waals surface area contributed by atoms with Gasteiger partial charge in [-0.3, -0.25) is 4.79 Å². The van der Waals surface area contributed by atoms with Crippen LogP contribution in [0.5, 0.6) is 0 Å². The monoisotopic (exact) mass is 350 g/mol. The van der Waals surface area contributed by atoms with Gasteiger partial charge in [0.15, 0.2) is 0 Å². The molecule has 2 aliphatic rings. The Morgan fingerprint density at radius 2 is 1.96 bits per heavy atom. The molecule has 1 amide bonds. The third kappa shape index (κ3) is 4.58. The Kier molecular flexibility index (Phi) is 6.69. The van der Waals surface area contributed by atoms with Crippen molar-refractivity contribution in [3.63, 3.8) is 0 Å². The molecular weight excluding hydrogens is 320 g/mol. The van der Waals surface area contributed by atoms with Gasteiger partial charge in [-0.15, -0.1) is 11.3 Å². The van der Waals surface area contributed by atoms with Crippen molar-refractivity contribution in [2.75, 3.05) is 26.2 Å². The van der Waals surface area contributed by atoms with Gasteiger partial charge in [-0.2, -0.15) is 0 Å². The maximum atomic E-state index is 12.8. The number of nitrogens with two attached hydrogens (primary N) is 1. The van der Waals surface area contributed by atoms with Gasteiger partial charge in [-0.1, -0.05) is 12.8 Å². The van der Waals surface area contributed by atoms with E-state index in [-0.39, 0.29) is 5.91 Å². The number of piperidine rings is 1. The number of hydrogen-bond donors (Lipinski definition) is 1. The lowest BCUT2D eigenvalue weighted by Crippen LogP contribution is -2.40. The number of likely N-dealkylation sites (tertiary alicyclic amines) is 1. The number of rotatable bonds is 5. The number of amides is 1. The fraction of sp³-hybridized carbons (Fsp3) is 0.737. The predicted molar refractivity (Wildman–Crippen MR) is 98.7 cm³/mol. The van der Waals surface area contributed by atoms with E-state index in [9.17, 15) is 4.79 Å². The van der Waals surface area contributed by atoms with Crippen LogP contribution in [0.1, 0.15) is 65.1 Å². The van der Waals surface area contributed by atoms with Crippen molar-refractivity contribution in [2.24, 2.45) is 5.73 Å². The molecule has 4 nitrogen and oxygen atoms in total. The molecular formula is C19H30N2O2S. The first kappa shape index (κ1) is 17.9. The quantitative estimate of drug-likeness (QED) is 0.828. The summed E-state index contributed by atoms with van der Waals surface area (Å²) in [5, 5.41) is 0. The third-order valence-corrected chi connectivity index (χ3v) is 6.36. The molecule has 0 saturated carbocycles. The zero-order valence-corrected chi connectivity index (χ0v) is 15.4. The van der Waals surface area contributed by atoms with E-state index in [2.05, 4.69) is 6.07 Å². The molecule has 5 heteroatoms. The van der Waals surface area contributed by atoms with Crippen LogP contribution in [0.2, 0.25) is 0 Å². The molecule has 0 radical (unpaired) electrons. The summed E-state index contributed by atoms with van der Waals surface area (Å²) in [6.07, 6.45) is 10.6. The van der Waals surface area contributed by atoms with Crippen LogP contribution in [0, 0.1) is 0 Å². The number of ether oxygens (including phenoxy) is 1. The van der Waals surface area contributed by atoms with E-state index >= 15 is 0 Å². The van der Waals surface area contributed by atoms with Crippen LogP contribution >= 0.6 is 11.3 Å². The van der Waals surface area contributed by atoms with Crippen LogP contribution in [0.4, 0.5) is 0 Å². The van der Waals surface area contributed by atoms with Gasteiger partial charge in [-0.05, 0) is 63.1 Å². The molecule has 1 saturated heterocycles. The second kappa shape index (κ2) is 8.97. The normalized spacial score (nSPS) is 19.6. The van der Waals surface area contributed by atoms with E-state index in [0.717, 1.165) is 56.7 Å². The highest BCUT2D eigenvalue weighted by Gasteiger charge is 2.26. The van der Waals surface area contributed by atoms with Gasteiger partial charge in [0.1, 0.15) is 0 Å². The fourth-order valence-electron chi connectivity index (χ4n) is 3.66. The number of aryl methyl sites for hydroxylation is 2. The Labute approximate surface area is 149 Å². The molecule has 1 aliphatic carbocycles. The molecule has 0 spiro atoms. The predicted octanol–water partition coefficient (Wildman–Crippen LogP) is 3.38. The average Bonchev–Trinajstić information content (AvgIpc) is 2.97. The lowest BCUT2D eigenvalue weighted by atomic mass is 9.99. The molecule has 2 N–H and O–H groups in total. The lowest BCUT2D eigenvalue weighted by molar-refractivity contribution is 0.00857. The molecule has 1 aromatic heterocycles. The highest BCUT2D eigenvalue weighted by atomic mass is 32.1. The second-order valence-electron chi connectivity index (χ2n) is 6.98. The minimum atomic E-state index is 0.229. The van der Waals surface area contributed by atoms with Gasteiger partial charge in [0, 0.05) is 24.6 Å². The number of hydrogen-bond acceptors (Lipinski definition) is 4. The SMILES string of the molecule is NCCCOC1CCN(C(=O)c2cc3c(s2)CCCCCC3)CC1. The lowest BCUT2D eigenvalue weighted by Gasteiger charge is -2.31. The molecule has 1 fully saturated rings. The number of carbonyl (C=O) groups excluding carboxylic acids is 1. The summed E-state index contributed by atoms with van der Waals surface area (Å²) in [4.78, 5) is 17.3. The third-order valence-electron chi connectivity index (χ3n) is 5.14. The second-order valence-corrected chi connectivity index (χ2v) is 8.11. The van der Waals surface area contributed by atoms with Crippen molar-refractivity contribution in [2.45, 2.75) is 63.9 Å². The highest BCUT2D eigenvalue weighted by molar-refractivity contribution is 7.14. The average molecular weight is 351 g/mol. The molecule has 2 heterocycles. The summed E-state index contributed by atoms with van der Waals surface area (Å²) in [6, 6.07) is 2.18. The van der Waals surface area contributed by atoms with Gasteiger partial charge in [0.25, 0.3) is 5.91 Å². The van der Waals surface area contributed by atoms with E-state index < -0.39 is 0 Å². The van der Waals surface area contributed by atoms with Crippen LogP contribution < -0.4 is 5.73 Å². The van der Waals surface area contributed by atoms with Crippen LogP contribution in [0.15, 0.2) is 6.07 Å². The maximum absolute atomic E-state index is 12.8. The summed E-state index contributed by atoms with van der Waals surface area (Å²) < 4.78 is 5.84. The van der Waals surface area contributed by atoms with Gasteiger partial charge < -0.3 is 15.4 Å². The van der Waals surface area contributed by atoms with E-state index in [4.69, 9.17) is 10.5 Å². The Bertz CT molecular complexity index is 510. The van der Waals surface area contributed by atoms with E-state index in [1.807, 2.05) is 4.90 Å². The van der Waals surface area contributed by atoms with Crippen LogP contribution in [0.25, 0.3) is 0 Å². The fourth-order valence-corrected chi connectivity index (χ4v) is 4.89. The van der Waals surface area contributed by atoms with Crippen molar-refractivity contribution < 1.29 is 9.53 Å². The van der Waals surface area contributed by atoms with Crippen molar-refractivity contribution in [3.8, 4) is 0 Å². The Morgan fingerprint density at radius 1 is 1.21 bits per heavy atom. The summed E-state index contributed by atoms with van der Waals surface area (Å²) in [6.45, 7) is 3.05. The molecule has 0 bridgehead atoms. The van der Waals surface area contributed by atoms with Crippen LogP contribution in [-0.4, -0.2) is 43.2 Å². The van der Waals surface area contributed by atoms with E-state index in [0.29, 0.717) is 12.6 Å². The number of nitrogens with zero attached hydrogens (tertiary/aromatic N) is 1. The van der Waals surface area contributed by atoms with Gasteiger partial charge >= 0.3 is 0 Å². The molecule has 1 aromatic rings. The molecule has 24 heavy (non-hydrogen) atoms. The summed E-state index contributed by atoms with van der Waals surface area (Å²) in [5.41, 5.74) is 6.93. The van der Waals surface area contributed by atoms with E-state index in [1.54, 1.807) is 11.3 Å². The topological polar surface area (TPSA) is 55.6 Å². The van der Waals surface area contributed by atoms with Gasteiger partial charge in [0.05, 0.1) is 11.0 Å². The first-order valence-corrected chi connectivity index (χ1v) is 10.3. The number of carbonyl (C=O) groups is 1. The Balaban J connectivity index is 1.54. The first-order valence-electron chi connectivity index (χ1n) is 9.50. The maximum Gasteiger partial charge on any atom is 0.263 e. The molecule has 0 aromatic carbocycles. The zero-order valence-electron chi connectivity index (χ0n) is 14.6. The molecule has 0 atom stereocenters. The van der Waals surface area contributed by atoms with Gasteiger partial charge in [-0.25, -0.2) is 0 Å². The minimum Gasteiger partial charge on any atom is -0.378 e. The Hall–Kier alpha value is -0.910. The number of thiophene rings is 1. The van der Waals surface area contributed by atoms with Crippen LogP contribution in [0.3, 0.4) is 0 Å². The molecule has 3 rings (SSSR count). The molecule has 134 valence electrons. The van der Waals surface area contributed by atoms with Gasteiger partial charge in [0.2, 0.25) is 0 Å². The number of fused-ring (bicyclic) bond motifs is 1. The largest absolute Gasteiger partial charge is 0.378 e. The Morgan fingerprint density at radius 3 is 2.71 bits per heavy atom. The summed E-state index contributed by atoms with van der Waals surface area (Å²) >= 11 is 1.74. The van der Waals surface area contributed by atoms with Crippen LogP contribution in [-0.2, 0) is 17.6 Å². The van der Waals surface area contributed by atoms with Crippen molar-refractivity contribution in [3.05, 3.63) is 21.4 Å². The van der Waals surface area contributed by atoms with Crippen molar-refractivity contribution in [1.29, 1.82) is 0 Å². The highest BCUT2D eigenvalue weighted by Crippen LogP contribution is 2.30. The molecule has 0 unspecified atom stereocenters. The van der Waals surface area contributed by atoms with Crippen molar-refractivity contribution >= 4 is 17.2 Å². The standard InChI is InChI=1S/C19H30N2O2S/c20-10-5-13-23-16-8-11-21(12-9-16)19(22)18-14-15-6-3-1-2-4-7-17(15)24-18/h14,16H,1-13,20H2. The summed E-state index contributed by atoms with van der Waals surface area (Å²) in [7, 11) is 0. The summed E-state index contributed by atoms with van der Waals surface area (Å²) in [5.74, 6) is 0.229. The van der Waals surface area contributed by atoms with Crippen molar-refractivity contribution in [1.82, 2.24) is 4.90 Å². The zero-order chi connectivity index (χ0) is 16.8. The molecule has 1 aliphatic heterocycles.